The zero-order chi connectivity index (χ0) is 6.55. The number of hydrogen-bond donors (Lipinski definition) is 0. The zero-order valence-electron chi connectivity index (χ0n) is 7.56. The summed E-state index contributed by atoms with van der Waals surface area (Å²) in [6, 6.07) is 0. The van der Waals surface area contributed by atoms with Gasteiger partial charge in [-0.1, -0.05) is 37.0 Å². The largest absolute Gasteiger partial charge is 2.00 e. The summed E-state index contributed by atoms with van der Waals surface area (Å²) >= 11 is 0. The van der Waals surface area contributed by atoms with Gasteiger partial charge in [-0.25, -0.2) is 0 Å². The molecule has 4 saturated carbocycles. The van der Waals surface area contributed by atoms with E-state index >= 15 is 0 Å². The Hall–Kier alpha value is 1.06. The van der Waals surface area contributed by atoms with Crippen LogP contribution in [0.25, 0.3) is 0 Å². The van der Waals surface area contributed by atoms with E-state index in [9.17, 15) is 0 Å². The number of hydrogen-bond acceptors (Lipinski definition) is 0. The predicted molar refractivity (Wildman–Crippen MR) is 47.2 cm³/mol. The van der Waals surface area contributed by atoms with Gasteiger partial charge >= 0.3 is 23.1 Å². The Labute approximate surface area is 97.4 Å². The molecule has 4 aliphatic carbocycles. The van der Waals surface area contributed by atoms with E-state index in [1.54, 1.807) is 19.3 Å². The van der Waals surface area contributed by atoms with Crippen molar-refractivity contribution >= 4 is 23.1 Å². The van der Waals surface area contributed by atoms with E-state index in [0.29, 0.717) is 0 Å². The predicted octanol–water partition coefficient (Wildman–Crippen LogP) is -0.586. The summed E-state index contributed by atoms with van der Waals surface area (Å²) in [4.78, 5) is 0. The molecule has 0 saturated heterocycles. The molecule has 4 aliphatic rings. The van der Waals surface area contributed by atoms with Crippen molar-refractivity contribution in [2.45, 2.75) is 38.5 Å². The molecule has 12 heavy (non-hydrogen) atoms. The second-order valence-electron chi connectivity index (χ2n) is 4.67. The normalized spacial score (nSPS) is 43.5. The molecule has 0 aliphatic heterocycles. The molecule has 0 heterocycles. The maximum atomic E-state index is 1.93. The molecule has 4 bridgehead atoms. The summed E-state index contributed by atoms with van der Waals surface area (Å²) in [6.45, 7) is 0. The molecule has 0 amide bonds. The summed E-state index contributed by atoms with van der Waals surface area (Å²) in [5.41, 5.74) is 0. The first-order chi connectivity index (χ1) is 4.90. The second kappa shape index (κ2) is 4.06. The summed E-state index contributed by atoms with van der Waals surface area (Å²) in [5, 5.41) is 0. The Kier molecular flexibility index (Phi) is 3.77. The van der Waals surface area contributed by atoms with Crippen LogP contribution >= 0.6 is 0 Å². The van der Waals surface area contributed by atoms with Crippen LogP contribution in [0.2, 0.25) is 0 Å². The molecule has 0 N–H and O–H groups in total. The molecule has 0 unspecified atom stereocenters. The van der Waals surface area contributed by atoms with Gasteiger partial charge < -0.3 is 18.3 Å². The van der Waals surface area contributed by atoms with Crippen molar-refractivity contribution in [3.05, 3.63) is 5.92 Å². The maximum Gasteiger partial charge on any atom is 2.00 e. The first-order valence-electron chi connectivity index (χ1n) is 4.73. The molecule has 0 radical (unpaired) electrons. The van der Waals surface area contributed by atoms with Gasteiger partial charge in [0.2, 0.25) is 0 Å². The fourth-order valence-electron chi connectivity index (χ4n) is 3.68. The number of halogens is 1. The standard InChI is InChI=1S/C10H15.ClH.Mg/c1-7-2-9-4-8(1)5-10(3-7)6-9;;/h7-9H,1-6H2;1H;/q-1;;+2/p-1. The average molecular weight is 195 g/mol. The van der Waals surface area contributed by atoms with Gasteiger partial charge in [-0.2, -0.15) is 19.3 Å². The Bertz CT molecular complexity index is 101. The molecule has 0 aromatic heterocycles. The molecular weight excluding hydrogens is 180 g/mol. The van der Waals surface area contributed by atoms with Crippen LogP contribution in [-0.4, -0.2) is 23.1 Å². The van der Waals surface area contributed by atoms with Crippen LogP contribution in [0.5, 0.6) is 0 Å². The Morgan fingerprint density at radius 2 is 1.08 bits per heavy atom. The van der Waals surface area contributed by atoms with Crippen LogP contribution in [0, 0.1) is 23.7 Å². The summed E-state index contributed by atoms with van der Waals surface area (Å²) in [6.07, 6.45) is 9.31. The van der Waals surface area contributed by atoms with Crippen LogP contribution in [0.4, 0.5) is 0 Å². The first kappa shape index (κ1) is 11.1. The third-order valence-electron chi connectivity index (χ3n) is 3.73. The quantitative estimate of drug-likeness (QED) is 0.358. The van der Waals surface area contributed by atoms with Crippen LogP contribution < -0.4 is 12.4 Å². The van der Waals surface area contributed by atoms with Gasteiger partial charge in [-0.15, -0.1) is 0 Å². The second-order valence-corrected chi connectivity index (χ2v) is 4.67. The van der Waals surface area contributed by atoms with Gasteiger partial charge in [0, 0.05) is 0 Å². The SMILES string of the molecule is C1[C-]2CC3CC1CC(C2)C3.[Cl-].[Mg+2]. The van der Waals surface area contributed by atoms with Gasteiger partial charge in [0.05, 0.1) is 0 Å². The zero-order valence-corrected chi connectivity index (χ0v) is 9.73. The van der Waals surface area contributed by atoms with Crippen molar-refractivity contribution in [2.24, 2.45) is 17.8 Å². The van der Waals surface area contributed by atoms with Gasteiger partial charge in [-0.3, -0.25) is 0 Å². The van der Waals surface area contributed by atoms with Gasteiger partial charge in [-0.05, 0) is 0 Å². The Morgan fingerprint density at radius 3 is 1.33 bits per heavy atom. The molecule has 0 aromatic rings. The molecular formula is C10H15ClMg. The van der Waals surface area contributed by atoms with Crippen molar-refractivity contribution in [1.82, 2.24) is 0 Å². The molecule has 64 valence electrons. The monoisotopic (exact) mass is 194 g/mol. The molecule has 0 aromatic carbocycles. The fourth-order valence-corrected chi connectivity index (χ4v) is 3.68. The van der Waals surface area contributed by atoms with Crippen LogP contribution in [0.3, 0.4) is 0 Å². The van der Waals surface area contributed by atoms with Crippen LogP contribution in [0.15, 0.2) is 0 Å². The summed E-state index contributed by atoms with van der Waals surface area (Å²) < 4.78 is 0. The van der Waals surface area contributed by atoms with Gasteiger partial charge in [0.25, 0.3) is 0 Å². The van der Waals surface area contributed by atoms with Crippen molar-refractivity contribution < 1.29 is 12.4 Å². The minimum absolute atomic E-state index is 0. The van der Waals surface area contributed by atoms with E-state index in [1.807, 2.05) is 5.92 Å². The molecule has 0 spiro atoms. The van der Waals surface area contributed by atoms with E-state index in [0.717, 1.165) is 17.8 Å². The minimum Gasteiger partial charge on any atom is -1.00 e. The summed E-state index contributed by atoms with van der Waals surface area (Å²) in [5.74, 6) is 5.35. The van der Waals surface area contributed by atoms with Crippen molar-refractivity contribution in [1.29, 1.82) is 0 Å². The van der Waals surface area contributed by atoms with Crippen LogP contribution in [-0.2, 0) is 0 Å². The Morgan fingerprint density at radius 1 is 0.750 bits per heavy atom. The third-order valence-corrected chi connectivity index (χ3v) is 3.73. The fraction of sp³-hybridized carbons (Fsp3) is 0.900. The number of rotatable bonds is 0. The molecule has 4 fully saturated rings. The van der Waals surface area contributed by atoms with Crippen molar-refractivity contribution in [2.75, 3.05) is 0 Å². The third kappa shape index (κ3) is 1.78. The van der Waals surface area contributed by atoms with Crippen molar-refractivity contribution in [3.63, 3.8) is 0 Å². The molecule has 2 heteroatoms. The topological polar surface area (TPSA) is 0 Å². The summed E-state index contributed by atoms with van der Waals surface area (Å²) in [7, 11) is 0. The average Bonchev–Trinajstić information content (AvgIpc) is 1.82. The first-order valence-corrected chi connectivity index (χ1v) is 4.73. The van der Waals surface area contributed by atoms with Gasteiger partial charge in [0.15, 0.2) is 0 Å². The molecule has 0 nitrogen and oxygen atoms in total. The minimum atomic E-state index is 0. The van der Waals surface area contributed by atoms with E-state index in [-0.39, 0.29) is 35.5 Å². The van der Waals surface area contributed by atoms with E-state index in [4.69, 9.17) is 0 Å². The van der Waals surface area contributed by atoms with Crippen LogP contribution in [0.1, 0.15) is 38.5 Å². The smallest absolute Gasteiger partial charge is 1.00 e. The van der Waals surface area contributed by atoms with E-state index in [1.165, 1.54) is 19.3 Å². The van der Waals surface area contributed by atoms with E-state index < -0.39 is 0 Å². The van der Waals surface area contributed by atoms with E-state index in [2.05, 4.69) is 0 Å². The Balaban J connectivity index is 0.000000360. The molecule has 4 rings (SSSR count). The van der Waals surface area contributed by atoms with Crippen molar-refractivity contribution in [3.8, 4) is 0 Å². The molecule has 0 atom stereocenters. The maximum absolute atomic E-state index is 1.93. The van der Waals surface area contributed by atoms with Gasteiger partial charge in [0.1, 0.15) is 0 Å².